The van der Waals surface area contributed by atoms with Gasteiger partial charge in [-0.1, -0.05) is 43.2 Å². The van der Waals surface area contributed by atoms with Gasteiger partial charge in [-0.3, -0.25) is 4.79 Å². The molecule has 1 aliphatic carbocycles. The zero-order valence-corrected chi connectivity index (χ0v) is 14.2. The van der Waals surface area contributed by atoms with Crippen molar-refractivity contribution >= 4 is 34.4 Å². The van der Waals surface area contributed by atoms with Crippen LogP contribution in [-0.4, -0.2) is 27.3 Å². The molecule has 2 aromatic rings. The number of carbonyl (C=O) groups excluding carboxylic acids is 1. The zero-order valence-electron chi connectivity index (χ0n) is 13.3. The number of benzene rings is 1. The van der Waals surface area contributed by atoms with E-state index in [0.717, 1.165) is 21.9 Å². The lowest BCUT2D eigenvalue weighted by Crippen LogP contribution is -2.24. The minimum atomic E-state index is -0.0920. The number of hydrogen-bond acceptors (Lipinski definition) is 4. The summed E-state index contributed by atoms with van der Waals surface area (Å²) < 4.78 is 0. The van der Waals surface area contributed by atoms with Crippen molar-refractivity contribution in [3.05, 3.63) is 24.3 Å². The Kier molecular flexibility index (Phi) is 5.33. The highest BCUT2D eigenvalue weighted by Crippen LogP contribution is 2.24. The Morgan fingerprint density at radius 3 is 2.91 bits per heavy atom. The van der Waals surface area contributed by atoms with Crippen molar-refractivity contribution < 1.29 is 4.79 Å². The molecule has 0 saturated heterocycles. The number of imidazole rings is 1. The quantitative estimate of drug-likeness (QED) is 0.498. The van der Waals surface area contributed by atoms with E-state index in [1.54, 1.807) is 0 Å². The number of H-pyrrole nitrogens is 1. The number of hydrogen-bond donors (Lipinski definition) is 2. The fourth-order valence-corrected chi connectivity index (χ4v) is 3.60. The molecule has 0 spiro atoms. The van der Waals surface area contributed by atoms with Gasteiger partial charge in [0.1, 0.15) is 0 Å². The van der Waals surface area contributed by atoms with Crippen molar-refractivity contribution in [2.24, 2.45) is 11.0 Å². The van der Waals surface area contributed by atoms with Gasteiger partial charge in [-0.15, -0.1) is 0 Å². The maximum absolute atomic E-state index is 11.9. The monoisotopic (exact) mass is 330 g/mol. The number of hydrazone groups is 1. The molecule has 0 bridgehead atoms. The van der Waals surface area contributed by atoms with Crippen LogP contribution in [0.3, 0.4) is 0 Å². The molecular weight excluding hydrogens is 308 g/mol. The Morgan fingerprint density at radius 1 is 1.35 bits per heavy atom. The Morgan fingerprint density at radius 2 is 2.13 bits per heavy atom. The summed E-state index contributed by atoms with van der Waals surface area (Å²) in [6, 6.07) is 7.84. The van der Waals surface area contributed by atoms with E-state index in [1.807, 2.05) is 31.2 Å². The second-order valence-electron chi connectivity index (χ2n) is 5.97. The van der Waals surface area contributed by atoms with E-state index in [9.17, 15) is 4.79 Å². The van der Waals surface area contributed by atoms with Gasteiger partial charge in [0, 0.05) is 5.71 Å². The molecule has 122 valence electrons. The van der Waals surface area contributed by atoms with Crippen LogP contribution in [0, 0.1) is 5.92 Å². The number of aromatic amines is 1. The summed E-state index contributed by atoms with van der Waals surface area (Å²) >= 11 is 1.39. The summed E-state index contributed by atoms with van der Waals surface area (Å²) in [5.41, 5.74) is 5.62. The molecule has 1 aromatic carbocycles. The molecule has 1 aromatic heterocycles. The summed E-state index contributed by atoms with van der Waals surface area (Å²) in [5.74, 6) is 0.749. The van der Waals surface area contributed by atoms with Crippen LogP contribution in [0.25, 0.3) is 11.0 Å². The van der Waals surface area contributed by atoms with Crippen molar-refractivity contribution in [2.75, 3.05) is 5.75 Å². The first-order valence-electron chi connectivity index (χ1n) is 8.13. The van der Waals surface area contributed by atoms with E-state index >= 15 is 0 Å². The predicted molar refractivity (Wildman–Crippen MR) is 94.6 cm³/mol. The van der Waals surface area contributed by atoms with E-state index in [0.29, 0.717) is 11.7 Å². The molecule has 23 heavy (non-hydrogen) atoms. The number of nitrogens with one attached hydrogen (secondary N) is 2. The largest absolute Gasteiger partial charge is 0.333 e. The van der Waals surface area contributed by atoms with Crippen LogP contribution in [0.2, 0.25) is 0 Å². The molecule has 0 atom stereocenters. The molecule has 0 unspecified atom stereocenters. The SMILES string of the molecule is C/C(=N/NC(=O)CSc1nc2ccccc2[nH]1)C1CCCCC1. The number of fused-ring (bicyclic) bond motifs is 1. The molecule has 3 rings (SSSR count). The molecule has 1 heterocycles. The van der Waals surface area contributed by atoms with Gasteiger partial charge in [-0.05, 0) is 37.8 Å². The van der Waals surface area contributed by atoms with E-state index < -0.39 is 0 Å². The fourth-order valence-electron chi connectivity index (χ4n) is 2.93. The van der Waals surface area contributed by atoms with Gasteiger partial charge in [0.15, 0.2) is 5.16 Å². The molecular formula is C17H22N4OS. The zero-order chi connectivity index (χ0) is 16.1. The number of carbonyl (C=O) groups is 1. The summed E-state index contributed by atoms with van der Waals surface area (Å²) in [7, 11) is 0. The molecule has 0 radical (unpaired) electrons. The highest BCUT2D eigenvalue weighted by Gasteiger charge is 2.16. The van der Waals surface area contributed by atoms with Crippen molar-refractivity contribution in [3.8, 4) is 0 Å². The van der Waals surface area contributed by atoms with Gasteiger partial charge in [-0.2, -0.15) is 5.10 Å². The summed E-state index contributed by atoms with van der Waals surface area (Å²) in [6.07, 6.45) is 6.25. The molecule has 5 nitrogen and oxygen atoms in total. The highest BCUT2D eigenvalue weighted by atomic mass is 32.2. The van der Waals surface area contributed by atoms with Gasteiger partial charge >= 0.3 is 0 Å². The van der Waals surface area contributed by atoms with Crippen molar-refractivity contribution in [3.63, 3.8) is 0 Å². The third-order valence-electron chi connectivity index (χ3n) is 4.26. The van der Waals surface area contributed by atoms with Crippen molar-refractivity contribution in [2.45, 2.75) is 44.2 Å². The Bertz CT molecular complexity index is 670. The first kappa shape index (κ1) is 16.1. The van der Waals surface area contributed by atoms with E-state index in [2.05, 4.69) is 20.5 Å². The first-order chi connectivity index (χ1) is 11.2. The lowest BCUT2D eigenvalue weighted by Gasteiger charge is -2.21. The van der Waals surface area contributed by atoms with E-state index in [4.69, 9.17) is 0 Å². The van der Waals surface area contributed by atoms with Crippen LogP contribution in [-0.2, 0) is 4.79 Å². The lowest BCUT2D eigenvalue weighted by atomic mass is 9.86. The molecule has 1 saturated carbocycles. The van der Waals surface area contributed by atoms with Gasteiger partial charge in [0.05, 0.1) is 16.8 Å². The normalized spacial score (nSPS) is 16.7. The summed E-state index contributed by atoms with van der Waals surface area (Å²) in [5, 5.41) is 5.03. The van der Waals surface area contributed by atoms with Gasteiger partial charge in [0.2, 0.25) is 0 Å². The van der Waals surface area contributed by atoms with Gasteiger partial charge in [-0.25, -0.2) is 10.4 Å². The highest BCUT2D eigenvalue weighted by molar-refractivity contribution is 7.99. The standard InChI is InChI=1S/C17H22N4OS/c1-12(13-7-3-2-4-8-13)20-21-16(22)11-23-17-18-14-9-5-6-10-15(14)19-17/h5-6,9-10,13H,2-4,7-8,11H2,1H3,(H,18,19)(H,21,22)/b20-12-. The average Bonchev–Trinajstić information content (AvgIpc) is 3.01. The smallest absolute Gasteiger partial charge is 0.250 e. The van der Waals surface area contributed by atoms with Gasteiger partial charge in [0.25, 0.3) is 5.91 Å². The average molecular weight is 330 g/mol. The molecule has 1 fully saturated rings. The van der Waals surface area contributed by atoms with Crippen LogP contribution in [0.15, 0.2) is 34.5 Å². The Hall–Kier alpha value is -1.82. The molecule has 1 aliphatic rings. The third kappa shape index (κ3) is 4.34. The Balaban J connectivity index is 1.49. The second kappa shape index (κ2) is 7.64. The van der Waals surface area contributed by atoms with Crippen LogP contribution >= 0.6 is 11.8 Å². The van der Waals surface area contributed by atoms with Crippen molar-refractivity contribution in [1.82, 2.24) is 15.4 Å². The second-order valence-corrected chi connectivity index (χ2v) is 6.93. The van der Waals surface area contributed by atoms with Crippen LogP contribution in [0.1, 0.15) is 39.0 Å². The number of para-hydroxylation sites is 2. The molecule has 0 aliphatic heterocycles. The van der Waals surface area contributed by atoms with Crippen LogP contribution < -0.4 is 5.43 Å². The summed E-state index contributed by atoms with van der Waals surface area (Å²) in [4.78, 5) is 19.6. The molecule has 6 heteroatoms. The number of thioether (sulfide) groups is 1. The predicted octanol–water partition coefficient (Wildman–Crippen LogP) is 3.73. The molecule has 1 amide bonds. The number of rotatable bonds is 5. The number of nitrogens with zero attached hydrogens (tertiary/aromatic N) is 2. The minimum absolute atomic E-state index is 0.0920. The van der Waals surface area contributed by atoms with Crippen LogP contribution in [0.5, 0.6) is 0 Å². The number of aromatic nitrogens is 2. The molecule has 2 N–H and O–H groups in total. The third-order valence-corrected chi connectivity index (χ3v) is 5.13. The lowest BCUT2D eigenvalue weighted by molar-refractivity contribution is -0.118. The van der Waals surface area contributed by atoms with E-state index in [1.165, 1.54) is 43.9 Å². The van der Waals surface area contributed by atoms with E-state index in [-0.39, 0.29) is 5.91 Å². The Labute approximate surface area is 140 Å². The van der Waals surface area contributed by atoms with Crippen LogP contribution in [0.4, 0.5) is 0 Å². The summed E-state index contributed by atoms with van der Waals surface area (Å²) in [6.45, 7) is 2.02. The first-order valence-corrected chi connectivity index (χ1v) is 9.11. The van der Waals surface area contributed by atoms with Crippen molar-refractivity contribution in [1.29, 1.82) is 0 Å². The van der Waals surface area contributed by atoms with Gasteiger partial charge < -0.3 is 4.98 Å². The minimum Gasteiger partial charge on any atom is -0.333 e. The maximum atomic E-state index is 11.9. The fraction of sp³-hybridized carbons (Fsp3) is 0.471. The maximum Gasteiger partial charge on any atom is 0.250 e. The topological polar surface area (TPSA) is 70.1 Å². The number of amides is 1.